The Morgan fingerprint density at radius 1 is 1.42 bits per heavy atom. The van der Waals surface area contributed by atoms with E-state index in [4.69, 9.17) is 10.9 Å². The van der Waals surface area contributed by atoms with E-state index in [0.717, 1.165) is 0 Å². The van der Waals surface area contributed by atoms with Crippen molar-refractivity contribution in [2.24, 2.45) is 12.2 Å². The first kappa shape index (κ1) is 13.3. The van der Waals surface area contributed by atoms with Crippen LogP contribution in [0.4, 0.5) is 11.4 Å². The number of nitrogens with two attached hydrogens (primary N) is 2. The number of hydrogen-bond acceptors (Lipinski definition) is 6. The molecule has 5 N–H and O–H groups in total. The van der Waals surface area contributed by atoms with Crippen LogP contribution in [0.1, 0.15) is 5.82 Å². The van der Waals surface area contributed by atoms with Crippen LogP contribution in [0.25, 0.3) is 0 Å². The van der Waals surface area contributed by atoms with Gasteiger partial charge in [-0.15, -0.1) is 0 Å². The van der Waals surface area contributed by atoms with Crippen molar-refractivity contribution in [3.8, 4) is 0 Å². The standard InChI is InChI=1S/C10H14N6O2S/c1-16-6-14-10(15-16)5-13-9-4-7(19(12,17)18)2-3-8(9)11/h2-4,6,13H,5,11H2,1H3,(H2,12,17,18). The number of aromatic nitrogens is 3. The van der Waals surface area contributed by atoms with Gasteiger partial charge >= 0.3 is 0 Å². The molecule has 102 valence electrons. The van der Waals surface area contributed by atoms with Crippen LogP contribution in [0.5, 0.6) is 0 Å². The molecule has 2 aromatic rings. The second kappa shape index (κ2) is 4.86. The number of nitrogen functional groups attached to an aromatic ring is 1. The number of anilines is 2. The zero-order valence-corrected chi connectivity index (χ0v) is 11.1. The van der Waals surface area contributed by atoms with Crippen molar-refractivity contribution in [1.82, 2.24) is 14.8 Å². The van der Waals surface area contributed by atoms with Gasteiger partial charge in [-0.2, -0.15) is 5.10 Å². The maximum absolute atomic E-state index is 11.3. The van der Waals surface area contributed by atoms with Gasteiger partial charge < -0.3 is 11.1 Å². The van der Waals surface area contributed by atoms with Crippen LogP contribution >= 0.6 is 0 Å². The molecule has 9 heteroatoms. The molecule has 0 saturated carbocycles. The van der Waals surface area contributed by atoms with Crippen molar-refractivity contribution in [1.29, 1.82) is 0 Å². The van der Waals surface area contributed by atoms with Crippen LogP contribution in [0.15, 0.2) is 29.4 Å². The Morgan fingerprint density at radius 3 is 2.74 bits per heavy atom. The lowest BCUT2D eigenvalue weighted by Crippen LogP contribution is -2.13. The highest BCUT2D eigenvalue weighted by atomic mass is 32.2. The summed E-state index contributed by atoms with van der Waals surface area (Å²) < 4.78 is 24.1. The van der Waals surface area contributed by atoms with Crippen LogP contribution in [0, 0.1) is 0 Å². The summed E-state index contributed by atoms with van der Waals surface area (Å²) in [6.45, 7) is 0.332. The van der Waals surface area contributed by atoms with Gasteiger partial charge in [0.15, 0.2) is 5.82 Å². The summed E-state index contributed by atoms with van der Waals surface area (Å²) in [4.78, 5) is 4.04. The summed E-state index contributed by atoms with van der Waals surface area (Å²) in [7, 11) is -2.00. The highest BCUT2D eigenvalue weighted by Gasteiger charge is 2.10. The molecule has 0 amide bonds. The SMILES string of the molecule is Cn1cnc(CNc2cc(S(N)(=O)=O)ccc2N)n1. The third kappa shape index (κ3) is 3.20. The first-order valence-corrected chi connectivity index (χ1v) is 6.91. The van der Waals surface area contributed by atoms with Crippen molar-refractivity contribution >= 4 is 21.4 Å². The van der Waals surface area contributed by atoms with E-state index in [9.17, 15) is 8.42 Å². The van der Waals surface area contributed by atoms with E-state index in [1.165, 1.54) is 18.2 Å². The summed E-state index contributed by atoms with van der Waals surface area (Å²) >= 11 is 0. The molecular weight excluding hydrogens is 268 g/mol. The van der Waals surface area contributed by atoms with E-state index in [-0.39, 0.29) is 4.90 Å². The minimum atomic E-state index is -3.75. The first-order valence-electron chi connectivity index (χ1n) is 5.37. The molecule has 0 radical (unpaired) electrons. The van der Waals surface area contributed by atoms with E-state index in [1.807, 2.05) is 0 Å². The van der Waals surface area contributed by atoms with Crippen LogP contribution in [0.2, 0.25) is 0 Å². The molecule has 0 aliphatic carbocycles. The van der Waals surface area contributed by atoms with Crippen molar-refractivity contribution < 1.29 is 8.42 Å². The third-order valence-corrected chi connectivity index (χ3v) is 3.35. The van der Waals surface area contributed by atoms with Crippen LogP contribution in [-0.2, 0) is 23.6 Å². The Labute approximate surface area is 110 Å². The maximum atomic E-state index is 11.3. The molecule has 0 unspecified atom stereocenters. The van der Waals surface area contributed by atoms with Gasteiger partial charge in [-0.1, -0.05) is 0 Å². The largest absolute Gasteiger partial charge is 0.397 e. The van der Waals surface area contributed by atoms with Crippen LogP contribution in [-0.4, -0.2) is 23.2 Å². The van der Waals surface area contributed by atoms with Gasteiger partial charge in [0.1, 0.15) is 6.33 Å². The molecule has 1 heterocycles. The minimum Gasteiger partial charge on any atom is -0.397 e. The molecule has 0 aliphatic rings. The van der Waals surface area contributed by atoms with Crippen molar-refractivity contribution in [3.63, 3.8) is 0 Å². The highest BCUT2D eigenvalue weighted by Crippen LogP contribution is 2.22. The first-order chi connectivity index (χ1) is 8.86. The van der Waals surface area contributed by atoms with Crippen molar-refractivity contribution in [3.05, 3.63) is 30.4 Å². The van der Waals surface area contributed by atoms with Crippen molar-refractivity contribution in [2.45, 2.75) is 11.4 Å². The van der Waals surface area contributed by atoms with Crippen LogP contribution < -0.4 is 16.2 Å². The zero-order chi connectivity index (χ0) is 14.0. The predicted molar refractivity (Wildman–Crippen MR) is 70.6 cm³/mol. The maximum Gasteiger partial charge on any atom is 0.238 e. The van der Waals surface area contributed by atoms with Crippen LogP contribution in [0.3, 0.4) is 0 Å². The van der Waals surface area contributed by atoms with Gasteiger partial charge in [-0.05, 0) is 18.2 Å². The molecule has 0 spiro atoms. The fourth-order valence-electron chi connectivity index (χ4n) is 1.50. The van der Waals surface area contributed by atoms with Gasteiger partial charge in [0, 0.05) is 7.05 Å². The smallest absolute Gasteiger partial charge is 0.238 e. The molecule has 2 rings (SSSR count). The van der Waals surface area contributed by atoms with Gasteiger partial charge in [0.2, 0.25) is 10.0 Å². The van der Waals surface area contributed by atoms with E-state index in [0.29, 0.717) is 23.7 Å². The van der Waals surface area contributed by atoms with Gasteiger partial charge in [0.25, 0.3) is 0 Å². The lowest BCUT2D eigenvalue weighted by Gasteiger charge is -2.09. The van der Waals surface area contributed by atoms with E-state index in [1.54, 1.807) is 18.1 Å². The summed E-state index contributed by atoms with van der Waals surface area (Å²) in [6, 6.07) is 4.22. The number of aryl methyl sites for hydroxylation is 1. The molecule has 0 saturated heterocycles. The molecule has 0 aliphatic heterocycles. The lowest BCUT2D eigenvalue weighted by atomic mass is 10.2. The fourth-order valence-corrected chi connectivity index (χ4v) is 2.04. The molecule has 0 atom stereocenters. The molecule has 0 bridgehead atoms. The summed E-state index contributed by atoms with van der Waals surface area (Å²) in [5.74, 6) is 0.572. The summed E-state index contributed by atoms with van der Waals surface area (Å²) in [6.07, 6.45) is 1.57. The Morgan fingerprint density at radius 2 is 2.16 bits per heavy atom. The molecule has 8 nitrogen and oxygen atoms in total. The topological polar surface area (TPSA) is 129 Å². The monoisotopic (exact) mass is 282 g/mol. The summed E-state index contributed by atoms with van der Waals surface area (Å²) in [5.41, 5.74) is 6.65. The Balaban J connectivity index is 2.20. The number of sulfonamides is 1. The highest BCUT2D eigenvalue weighted by molar-refractivity contribution is 7.89. The van der Waals surface area contributed by atoms with Gasteiger partial charge in [-0.3, -0.25) is 4.68 Å². The van der Waals surface area contributed by atoms with E-state index < -0.39 is 10.0 Å². The van der Waals surface area contributed by atoms with Crippen molar-refractivity contribution in [2.75, 3.05) is 11.1 Å². The predicted octanol–water partition coefficient (Wildman–Crippen LogP) is -0.343. The molecule has 1 aromatic heterocycles. The average Bonchev–Trinajstić information content (AvgIpc) is 2.72. The van der Waals surface area contributed by atoms with E-state index in [2.05, 4.69) is 15.4 Å². The Bertz CT molecular complexity index is 694. The zero-order valence-electron chi connectivity index (χ0n) is 10.2. The number of rotatable bonds is 4. The Kier molecular flexibility index (Phi) is 3.40. The molecule has 1 aromatic carbocycles. The number of primary sulfonamides is 1. The minimum absolute atomic E-state index is 0.00169. The fraction of sp³-hybridized carbons (Fsp3) is 0.200. The second-order valence-corrected chi connectivity index (χ2v) is 5.54. The lowest BCUT2D eigenvalue weighted by molar-refractivity contribution is 0.598. The number of hydrogen-bond donors (Lipinski definition) is 3. The van der Waals surface area contributed by atoms with Gasteiger partial charge in [-0.25, -0.2) is 18.5 Å². The normalized spacial score (nSPS) is 11.5. The molecule has 0 fully saturated rings. The Hall–Kier alpha value is -2.13. The number of benzene rings is 1. The average molecular weight is 282 g/mol. The third-order valence-electron chi connectivity index (χ3n) is 2.44. The van der Waals surface area contributed by atoms with Gasteiger partial charge in [0.05, 0.1) is 22.8 Å². The quantitative estimate of drug-likeness (QED) is 0.658. The second-order valence-electron chi connectivity index (χ2n) is 3.98. The molecular formula is C10H14N6O2S. The van der Waals surface area contributed by atoms with E-state index >= 15 is 0 Å². The number of nitrogens with zero attached hydrogens (tertiary/aromatic N) is 3. The molecule has 19 heavy (non-hydrogen) atoms. The summed E-state index contributed by atoms with van der Waals surface area (Å²) in [5, 5.41) is 12.1. The number of nitrogens with one attached hydrogen (secondary N) is 1.